The zero-order valence-corrected chi connectivity index (χ0v) is 7.90. The second kappa shape index (κ2) is 3.61. The number of esters is 1. The molecule has 0 aromatic heterocycles. The van der Waals surface area contributed by atoms with E-state index in [1.165, 1.54) is 19.4 Å². The average molecular weight is 267 g/mol. The first kappa shape index (κ1) is 8.38. The summed E-state index contributed by atoms with van der Waals surface area (Å²) in [6.07, 6.45) is 2.96. The number of aliphatic hydroxyl groups excluding tert-OH is 1. The maximum absolute atomic E-state index is 10.9. The molecule has 0 bridgehead atoms. The SMILES string of the molecule is COC(=O)C1=C(O)I=NC=C1. The van der Waals surface area contributed by atoms with Crippen molar-refractivity contribution in [2.45, 2.75) is 0 Å². The molecule has 60 valence electrons. The van der Waals surface area contributed by atoms with Crippen LogP contribution in [0.15, 0.2) is 24.8 Å². The highest BCUT2D eigenvalue weighted by Gasteiger charge is 2.13. The summed E-state index contributed by atoms with van der Waals surface area (Å²) in [6, 6.07) is 0. The normalized spacial score (nSPS) is 16.1. The Labute approximate surface area is 73.7 Å². The van der Waals surface area contributed by atoms with Gasteiger partial charge in [0.05, 0.1) is 28.1 Å². The van der Waals surface area contributed by atoms with Gasteiger partial charge in [0, 0.05) is 6.20 Å². The van der Waals surface area contributed by atoms with Gasteiger partial charge in [-0.05, 0) is 6.08 Å². The van der Waals surface area contributed by atoms with Crippen LogP contribution >= 0.6 is 21.0 Å². The number of carbonyl (C=O) groups excluding carboxylic acids is 1. The van der Waals surface area contributed by atoms with Crippen LogP contribution in [-0.4, -0.2) is 18.2 Å². The fourth-order valence-electron chi connectivity index (χ4n) is 0.554. The monoisotopic (exact) mass is 267 g/mol. The summed E-state index contributed by atoms with van der Waals surface area (Å²) in [6.45, 7) is 0. The van der Waals surface area contributed by atoms with Crippen LogP contribution in [0.5, 0.6) is 0 Å². The topological polar surface area (TPSA) is 58.9 Å². The molecule has 0 saturated heterocycles. The van der Waals surface area contributed by atoms with Crippen LogP contribution in [0.4, 0.5) is 0 Å². The summed E-state index contributed by atoms with van der Waals surface area (Å²) in [5.74, 6) is -0.506. The number of hydrogen-bond acceptors (Lipinski definition) is 4. The highest BCUT2D eigenvalue weighted by atomic mass is 127. The molecule has 1 aliphatic rings. The Morgan fingerprint density at radius 3 is 3.09 bits per heavy atom. The molecular weight excluding hydrogens is 261 g/mol. The first-order valence-electron chi connectivity index (χ1n) is 2.78. The summed E-state index contributed by atoms with van der Waals surface area (Å²) in [7, 11) is 1.28. The van der Waals surface area contributed by atoms with E-state index in [2.05, 4.69) is 7.88 Å². The highest BCUT2D eigenvalue weighted by Crippen LogP contribution is 2.23. The molecule has 0 atom stereocenters. The van der Waals surface area contributed by atoms with Crippen molar-refractivity contribution < 1.29 is 14.6 Å². The standard InChI is InChI=1S/C6H6INO3/c1-11-6(10)4-2-3-8-7-5(4)9/h2-3,9H,1H3. The maximum Gasteiger partial charge on any atom is 0.342 e. The summed E-state index contributed by atoms with van der Waals surface area (Å²) in [5, 5.41) is 9.15. The Balaban J connectivity index is 2.95. The van der Waals surface area contributed by atoms with Gasteiger partial charge in [-0.1, -0.05) is 0 Å². The number of rotatable bonds is 1. The molecule has 0 saturated carbocycles. The molecule has 0 amide bonds. The number of halogens is 1. The van der Waals surface area contributed by atoms with Crippen LogP contribution in [0.1, 0.15) is 0 Å². The van der Waals surface area contributed by atoms with E-state index in [1.54, 1.807) is 0 Å². The zero-order valence-electron chi connectivity index (χ0n) is 5.74. The number of aliphatic hydroxyl groups is 1. The minimum atomic E-state index is -0.755. The average Bonchev–Trinajstić information content (AvgIpc) is 2.04. The van der Waals surface area contributed by atoms with Gasteiger partial charge < -0.3 is 9.84 Å². The summed E-state index contributed by atoms with van der Waals surface area (Å²) in [5.41, 5.74) is 0.232. The van der Waals surface area contributed by atoms with E-state index in [1.807, 2.05) is 0 Å². The predicted molar refractivity (Wildman–Crippen MR) is 47.3 cm³/mol. The molecule has 0 unspecified atom stereocenters. The number of methoxy groups -OCH3 is 1. The fraction of sp³-hybridized carbons (Fsp3) is 0.167. The third kappa shape index (κ3) is 1.86. The van der Waals surface area contributed by atoms with E-state index in [0.717, 1.165) is 0 Å². The first-order valence-corrected chi connectivity index (χ1v) is 4.82. The van der Waals surface area contributed by atoms with Gasteiger partial charge in [0.25, 0.3) is 0 Å². The minimum Gasteiger partial charge on any atom is -0.501 e. The molecule has 0 spiro atoms. The van der Waals surface area contributed by atoms with E-state index in [-0.39, 0.29) is 9.34 Å². The van der Waals surface area contributed by atoms with Crippen molar-refractivity contribution in [1.82, 2.24) is 0 Å². The second-order valence-electron chi connectivity index (χ2n) is 1.69. The molecule has 0 aromatic rings. The molecule has 1 rings (SSSR count). The molecule has 0 radical (unpaired) electrons. The lowest BCUT2D eigenvalue weighted by atomic mass is 10.3. The molecule has 1 N–H and O–H groups in total. The maximum atomic E-state index is 10.9. The highest BCUT2D eigenvalue weighted by molar-refractivity contribution is 14.2. The molecule has 0 fully saturated rings. The lowest BCUT2D eigenvalue weighted by Gasteiger charge is -2.01. The Hall–Kier alpha value is -0.720. The number of hydrogen-bond donors (Lipinski definition) is 1. The van der Waals surface area contributed by atoms with Crippen LogP contribution in [0.3, 0.4) is 0 Å². The van der Waals surface area contributed by atoms with Crippen molar-refractivity contribution >= 4 is 27.0 Å². The molecule has 1 aliphatic heterocycles. The Morgan fingerprint density at radius 1 is 1.82 bits per heavy atom. The minimum absolute atomic E-state index is 0.0677. The quantitative estimate of drug-likeness (QED) is 0.580. The van der Waals surface area contributed by atoms with Crippen molar-refractivity contribution in [3.05, 3.63) is 21.6 Å². The molecule has 0 aromatic carbocycles. The van der Waals surface area contributed by atoms with E-state index in [9.17, 15) is 4.79 Å². The predicted octanol–water partition coefficient (Wildman–Crippen LogP) is 1.61. The van der Waals surface area contributed by atoms with Crippen molar-refractivity contribution in [3.63, 3.8) is 0 Å². The van der Waals surface area contributed by atoms with Crippen molar-refractivity contribution in [2.24, 2.45) is 3.15 Å². The summed E-state index contributed by atoms with van der Waals surface area (Å²) < 4.78 is 8.33. The molecule has 11 heavy (non-hydrogen) atoms. The van der Waals surface area contributed by atoms with Gasteiger partial charge >= 0.3 is 5.97 Å². The summed E-state index contributed by atoms with van der Waals surface area (Å²) in [4.78, 5) is 10.9. The molecule has 4 nitrogen and oxygen atoms in total. The van der Waals surface area contributed by atoms with Crippen LogP contribution in [-0.2, 0) is 9.53 Å². The molecule has 5 heteroatoms. The Kier molecular flexibility index (Phi) is 2.75. The smallest absolute Gasteiger partial charge is 0.342 e. The van der Waals surface area contributed by atoms with Gasteiger partial charge in [-0.3, -0.25) is 0 Å². The van der Waals surface area contributed by atoms with E-state index in [4.69, 9.17) is 5.11 Å². The van der Waals surface area contributed by atoms with Crippen molar-refractivity contribution in [1.29, 1.82) is 0 Å². The van der Waals surface area contributed by atoms with Crippen LogP contribution in [0, 0.1) is 0 Å². The summed E-state index contributed by atoms with van der Waals surface area (Å²) >= 11 is -0.755. The molecule has 1 heterocycles. The number of ether oxygens (including phenoxy) is 1. The van der Waals surface area contributed by atoms with Crippen molar-refractivity contribution in [3.8, 4) is 0 Å². The van der Waals surface area contributed by atoms with E-state index in [0.29, 0.717) is 0 Å². The third-order valence-corrected chi connectivity index (χ3v) is 2.69. The largest absolute Gasteiger partial charge is 0.501 e. The Morgan fingerprint density at radius 2 is 2.55 bits per heavy atom. The van der Waals surface area contributed by atoms with Gasteiger partial charge in [-0.2, -0.15) is 0 Å². The fourth-order valence-corrected chi connectivity index (χ4v) is 1.80. The van der Waals surface area contributed by atoms with Gasteiger partial charge in [0.1, 0.15) is 5.57 Å². The lowest BCUT2D eigenvalue weighted by Crippen LogP contribution is -2.04. The van der Waals surface area contributed by atoms with Gasteiger partial charge in [0.15, 0.2) is 3.77 Å². The van der Waals surface area contributed by atoms with Crippen LogP contribution < -0.4 is 0 Å². The van der Waals surface area contributed by atoms with Gasteiger partial charge in [0.2, 0.25) is 0 Å². The van der Waals surface area contributed by atoms with Crippen LogP contribution in [0.25, 0.3) is 0 Å². The van der Waals surface area contributed by atoms with E-state index < -0.39 is 27.0 Å². The second-order valence-corrected chi connectivity index (χ2v) is 3.76. The van der Waals surface area contributed by atoms with Gasteiger partial charge in [-0.15, -0.1) is 0 Å². The first-order chi connectivity index (χ1) is 5.25. The van der Waals surface area contributed by atoms with Crippen molar-refractivity contribution in [2.75, 3.05) is 7.11 Å². The lowest BCUT2D eigenvalue weighted by molar-refractivity contribution is -0.135. The number of carbonyl (C=O) groups is 1. The van der Waals surface area contributed by atoms with E-state index >= 15 is 0 Å². The van der Waals surface area contributed by atoms with Gasteiger partial charge in [-0.25, -0.2) is 7.94 Å². The third-order valence-electron chi connectivity index (χ3n) is 1.05. The Bertz CT molecular complexity index is 267. The molecule has 0 aliphatic carbocycles. The molecular formula is C6H6INO3. The zero-order chi connectivity index (χ0) is 8.27. The number of nitrogens with zero attached hydrogens (tertiary/aromatic N) is 1. The van der Waals surface area contributed by atoms with Crippen LogP contribution in [0.2, 0.25) is 0 Å².